The first-order chi connectivity index (χ1) is 5.70. The zero-order valence-electron chi connectivity index (χ0n) is 6.14. The number of halogens is 2. The molecule has 0 aromatic heterocycles. The largest absolute Gasteiger partial charge is 0.326 e. The summed E-state index contributed by atoms with van der Waals surface area (Å²) in [5.74, 6) is 0. The molecule has 0 fully saturated rings. The fourth-order valence-corrected chi connectivity index (χ4v) is 1.44. The van der Waals surface area contributed by atoms with Crippen molar-refractivity contribution >= 4 is 23.2 Å². The second-order valence-corrected chi connectivity index (χ2v) is 2.99. The van der Waals surface area contributed by atoms with Gasteiger partial charge in [0.15, 0.2) is 0 Å². The van der Waals surface area contributed by atoms with E-state index >= 15 is 0 Å². The van der Waals surface area contributed by atoms with E-state index in [-0.39, 0.29) is 6.54 Å². The summed E-state index contributed by atoms with van der Waals surface area (Å²) in [6, 6.07) is 5.14. The van der Waals surface area contributed by atoms with E-state index in [4.69, 9.17) is 34.2 Å². The lowest BCUT2D eigenvalue weighted by Crippen LogP contribution is -1.99. The normalized spacial score (nSPS) is 9.50. The number of rotatable bonds is 1. The van der Waals surface area contributed by atoms with Crippen molar-refractivity contribution in [2.75, 3.05) is 0 Å². The number of benzene rings is 1. The van der Waals surface area contributed by atoms with Gasteiger partial charge in [-0.2, -0.15) is 5.26 Å². The van der Waals surface area contributed by atoms with Gasteiger partial charge in [-0.05, 0) is 12.1 Å². The molecule has 0 aliphatic carbocycles. The van der Waals surface area contributed by atoms with E-state index in [1.54, 1.807) is 12.1 Å². The summed E-state index contributed by atoms with van der Waals surface area (Å²) in [7, 11) is 0. The number of nitrogens with two attached hydrogens (primary N) is 1. The van der Waals surface area contributed by atoms with E-state index in [0.717, 1.165) is 0 Å². The van der Waals surface area contributed by atoms with Crippen molar-refractivity contribution in [2.24, 2.45) is 5.73 Å². The predicted octanol–water partition coefficient (Wildman–Crippen LogP) is 2.32. The van der Waals surface area contributed by atoms with Gasteiger partial charge in [-0.1, -0.05) is 23.2 Å². The molecule has 0 saturated heterocycles. The monoisotopic (exact) mass is 200 g/mol. The molecule has 0 saturated carbocycles. The topological polar surface area (TPSA) is 49.8 Å². The highest BCUT2D eigenvalue weighted by molar-refractivity contribution is 6.36. The molecule has 2 nitrogen and oxygen atoms in total. The molecule has 0 bridgehead atoms. The Bertz CT molecular complexity index is 342. The van der Waals surface area contributed by atoms with E-state index in [0.29, 0.717) is 21.2 Å². The molecule has 0 atom stereocenters. The molecule has 1 aromatic carbocycles. The Kier molecular flexibility index (Phi) is 2.93. The third-order valence-corrected chi connectivity index (χ3v) is 2.30. The predicted molar refractivity (Wildman–Crippen MR) is 49.1 cm³/mol. The number of hydrogen-bond acceptors (Lipinski definition) is 2. The highest BCUT2D eigenvalue weighted by atomic mass is 35.5. The van der Waals surface area contributed by atoms with Crippen molar-refractivity contribution in [3.05, 3.63) is 33.3 Å². The lowest BCUT2D eigenvalue weighted by molar-refractivity contribution is 1.07. The second-order valence-electron chi connectivity index (χ2n) is 2.20. The van der Waals surface area contributed by atoms with Crippen LogP contribution in [0.2, 0.25) is 10.0 Å². The van der Waals surface area contributed by atoms with Gasteiger partial charge < -0.3 is 5.73 Å². The number of nitrogens with zero attached hydrogens (tertiary/aromatic N) is 1. The Morgan fingerprint density at radius 3 is 2.58 bits per heavy atom. The van der Waals surface area contributed by atoms with E-state index in [1.165, 1.54) is 0 Å². The van der Waals surface area contributed by atoms with Crippen LogP contribution in [-0.2, 0) is 6.54 Å². The van der Waals surface area contributed by atoms with Crippen molar-refractivity contribution in [1.82, 2.24) is 0 Å². The maximum Gasteiger partial charge on any atom is 0.101 e. The molecule has 1 aromatic rings. The van der Waals surface area contributed by atoms with Gasteiger partial charge in [0.05, 0.1) is 10.6 Å². The Morgan fingerprint density at radius 1 is 1.42 bits per heavy atom. The maximum absolute atomic E-state index is 8.61. The SMILES string of the molecule is N#Cc1ccc(Cl)c(CN)c1Cl. The molecule has 0 aliphatic heterocycles. The third kappa shape index (κ3) is 1.54. The summed E-state index contributed by atoms with van der Waals surface area (Å²) in [6.45, 7) is 0.243. The number of hydrogen-bond donors (Lipinski definition) is 1. The van der Waals surface area contributed by atoms with Crippen molar-refractivity contribution in [3.8, 4) is 6.07 Å². The van der Waals surface area contributed by atoms with Crippen LogP contribution in [0, 0.1) is 11.3 Å². The Hall–Kier alpha value is -0.750. The molecular formula is C8H6Cl2N2. The summed E-state index contributed by atoms with van der Waals surface area (Å²) >= 11 is 11.6. The summed E-state index contributed by atoms with van der Waals surface area (Å²) < 4.78 is 0. The van der Waals surface area contributed by atoms with Crippen LogP contribution in [0.4, 0.5) is 0 Å². The highest BCUT2D eigenvalue weighted by Gasteiger charge is 2.07. The van der Waals surface area contributed by atoms with Gasteiger partial charge in [-0.3, -0.25) is 0 Å². The molecule has 0 unspecified atom stereocenters. The Balaban J connectivity index is 3.36. The molecule has 4 heteroatoms. The molecule has 1 rings (SSSR count). The molecule has 0 aliphatic rings. The summed E-state index contributed by atoms with van der Waals surface area (Å²) in [6.07, 6.45) is 0. The van der Waals surface area contributed by atoms with Crippen LogP contribution in [0.15, 0.2) is 12.1 Å². The summed E-state index contributed by atoms with van der Waals surface area (Å²) in [5, 5.41) is 9.47. The van der Waals surface area contributed by atoms with Crippen LogP contribution < -0.4 is 5.73 Å². The minimum atomic E-state index is 0.243. The van der Waals surface area contributed by atoms with Gasteiger partial charge in [-0.15, -0.1) is 0 Å². The van der Waals surface area contributed by atoms with Crippen LogP contribution >= 0.6 is 23.2 Å². The fraction of sp³-hybridized carbons (Fsp3) is 0.125. The van der Waals surface area contributed by atoms with Gasteiger partial charge >= 0.3 is 0 Å². The summed E-state index contributed by atoms with van der Waals surface area (Å²) in [4.78, 5) is 0. The standard InChI is InChI=1S/C8H6Cl2N2/c9-7-2-1-5(3-11)8(10)6(7)4-12/h1-2H,4,12H2. The zero-order chi connectivity index (χ0) is 9.14. The van der Waals surface area contributed by atoms with Crippen molar-refractivity contribution in [2.45, 2.75) is 6.54 Å². The van der Waals surface area contributed by atoms with Crippen molar-refractivity contribution in [1.29, 1.82) is 5.26 Å². The van der Waals surface area contributed by atoms with Gasteiger partial charge in [0.25, 0.3) is 0 Å². The number of nitriles is 1. The quantitative estimate of drug-likeness (QED) is 0.757. The van der Waals surface area contributed by atoms with E-state index in [1.807, 2.05) is 6.07 Å². The smallest absolute Gasteiger partial charge is 0.101 e. The van der Waals surface area contributed by atoms with Gasteiger partial charge in [0.1, 0.15) is 6.07 Å². The van der Waals surface area contributed by atoms with Crippen LogP contribution in [0.25, 0.3) is 0 Å². The maximum atomic E-state index is 8.61. The second kappa shape index (κ2) is 3.77. The Labute approximate surface area is 80.5 Å². The molecular weight excluding hydrogens is 195 g/mol. The molecule has 2 N–H and O–H groups in total. The van der Waals surface area contributed by atoms with Gasteiger partial charge in [-0.25, -0.2) is 0 Å². The zero-order valence-corrected chi connectivity index (χ0v) is 7.65. The highest BCUT2D eigenvalue weighted by Crippen LogP contribution is 2.26. The summed E-state index contributed by atoms with van der Waals surface area (Å²) in [5.41, 5.74) is 6.42. The van der Waals surface area contributed by atoms with Crippen LogP contribution in [-0.4, -0.2) is 0 Å². The van der Waals surface area contributed by atoms with Crippen molar-refractivity contribution < 1.29 is 0 Å². The van der Waals surface area contributed by atoms with E-state index < -0.39 is 0 Å². The fourth-order valence-electron chi connectivity index (χ4n) is 0.871. The van der Waals surface area contributed by atoms with Gasteiger partial charge in [0.2, 0.25) is 0 Å². The molecule has 0 amide bonds. The van der Waals surface area contributed by atoms with Crippen molar-refractivity contribution in [3.63, 3.8) is 0 Å². The molecule has 0 radical (unpaired) electrons. The van der Waals surface area contributed by atoms with Gasteiger partial charge in [0, 0.05) is 17.1 Å². The first-order valence-electron chi connectivity index (χ1n) is 3.27. The average molecular weight is 201 g/mol. The molecule has 62 valence electrons. The molecule has 0 heterocycles. The lowest BCUT2D eigenvalue weighted by atomic mass is 10.1. The average Bonchev–Trinajstić information content (AvgIpc) is 2.06. The first kappa shape index (κ1) is 9.34. The lowest BCUT2D eigenvalue weighted by Gasteiger charge is -2.04. The molecule has 12 heavy (non-hydrogen) atoms. The first-order valence-corrected chi connectivity index (χ1v) is 4.03. The minimum Gasteiger partial charge on any atom is -0.326 e. The minimum absolute atomic E-state index is 0.243. The van der Waals surface area contributed by atoms with E-state index in [2.05, 4.69) is 0 Å². The van der Waals surface area contributed by atoms with Crippen LogP contribution in [0.5, 0.6) is 0 Å². The van der Waals surface area contributed by atoms with Crippen LogP contribution in [0.1, 0.15) is 11.1 Å². The third-order valence-electron chi connectivity index (χ3n) is 1.51. The van der Waals surface area contributed by atoms with E-state index in [9.17, 15) is 0 Å². The van der Waals surface area contributed by atoms with Crippen LogP contribution in [0.3, 0.4) is 0 Å². The molecule has 0 spiro atoms. The Morgan fingerprint density at radius 2 is 2.08 bits per heavy atom.